The van der Waals surface area contributed by atoms with Gasteiger partial charge < -0.3 is 25.2 Å². The van der Waals surface area contributed by atoms with Crippen molar-refractivity contribution in [2.75, 3.05) is 38.3 Å². The van der Waals surface area contributed by atoms with Gasteiger partial charge in [0.25, 0.3) is 5.91 Å². The molecule has 0 spiro atoms. The van der Waals surface area contributed by atoms with Crippen LogP contribution in [-0.2, 0) is 11.8 Å². The zero-order chi connectivity index (χ0) is 33.9. The summed E-state index contributed by atoms with van der Waals surface area (Å²) in [6.45, 7) is 2.94. The molecule has 7 rings (SSSR count). The van der Waals surface area contributed by atoms with Crippen LogP contribution in [0.1, 0.15) is 27.8 Å². The van der Waals surface area contributed by atoms with Gasteiger partial charge in [0.15, 0.2) is 11.3 Å². The van der Waals surface area contributed by atoms with Gasteiger partial charge in [0.2, 0.25) is 5.88 Å². The average molecular weight is 676 g/mol. The first-order valence-electron chi connectivity index (χ1n) is 14.4. The number of morpholine rings is 1. The number of nitrogens with two attached hydrogens (primary N) is 1. The molecular formula is C30H27ClFN11O5. The first-order chi connectivity index (χ1) is 23.2. The molecule has 18 heteroatoms. The number of aliphatic hydroxyl groups is 1. The van der Waals surface area contributed by atoms with E-state index in [1.54, 1.807) is 12.1 Å². The molecule has 1 fully saturated rings. The Labute approximate surface area is 275 Å². The van der Waals surface area contributed by atoms with Gasteiger partial charge in [-0.1, -0.05) is 16.8 Å². The molecule has 0 aliphatic carbocycles. The lowest BCUT2D eigenvalue weighted by atomic mass is 9.99. The first kappa shape index (κ1) is 32.3. The molecule has 1 aliphatic rings. The summed E-state index contributed by atoms with van der Waals surface area (Å²) in [6, 6.07) is 11.6. The highest BCUT2D eigenvalue weighted by Gasteiger charge is 2.22. The lowest BCUT2D eigenvalue weighted by Crippen LogP contribution is -2.36. The van der Waals surface area contributed by atoms with E-state index in [4.69, 9.17) is 26.8 Å². The lowest BCUT2D eigenvalue weighted by molar-refractivity contribution is 0.0997. The second-order valence-electron chi connectivity index (χ2n) is 10.4. The zero-order valence-corrected chi connectivity index (χ0v) is 26.2. The van der Waals surface area contributed by atoms with Crippen molar-refractivity contribution < 1.29 is 23.8 Å². The Morgan fingerprint density at radius 3 is 2.58 bits per heavy atom. The fraction of sp³-hybridized carbons (Fsp3) is 0.233. The van der Waals surface area contributed by atoms with Gasteiger partial charge in [-0.05, 0) is 36.4 Å². The van der Waals surface area contributed by atoms with Crippen LogP contribution in [0.15, 0.2) is 59.9 Å². The smallest absolute Gasteiger partial charge is 0.352 e. The number of aryl methyl sites for hydroxylation is 1. The molecule has 246 valence electrons. The third-order valence-corrected chi connectivity index (χ3v) is 7.84. The summed E-state index contributed by atoms with van der Waals surface area (Å²) in [4.78, 5) is 36.9. The number of anilines is 1. The number of ether oxygens (including phenoxy) is 2. The van der Waals surface area contributed by atoms with Crippen LogP contribution in [0, 0.1) is 5.82 Å². The Morgan fingerprint density at radius 2 is 1.88 bits per heavy atom. The molecule has 1 aliphatic heterocycles. The minimum atomic E-state index is -1.22. The van der Waals surface area contributed by atoms with Gasteiger partial charge in [-0.25, -0.2) is 28.5 Å². The molecule has 0 bridgehead atoms. The van der Waals surface area contributed by atoms with E-state index in [0.717, 1.165) is 27.9 Å². The maximum Gasteiger partial charge on any atom is 0.352 e. The number of hydrogen-bond acceptors (Lipinski definition) is 13. The van der Waals surface area contributed by atoms with Crippen LogP contribution in [0.5, 0.6) is 5.88 Å². The van der Waals surface area contributed by atoms with Gasteiger partial charge in [-0.15, -0.1) is 15.3 Å². The fourth-order valence-corrected chi connectivity index (χ4v) is 5.29. The summed E-state index contributed by atoms with van der Waals surface area (Å²) in [7, 11) is 2.91. The van der Waals surface area contributed by atoms with Crippen LogP contribution < -0.4 is 21.1 Å². The Morgan fingerprint density at radius 1 is 1.08 bits per heavy atom. The summed E-state index contributed by atoms with van der Waals surface area (Å²) in [6.07, 6.45) is 1.37. The van der Waals surface area contributed by atoms with Crippen molar-refractivity contribution in [3.63, 3.8) is 0 Å². The number of nitrogens with zero attached hydrogens (tertiary/aromatic N) is 10. The quantitative estimate of drug-likeness (QED) is 0.259. The molecule has 1 amide bonds. The van der Waals surface area contributed by atoms with E-state index in [2.05, 4.69) is 40.4 Å². The number of aliphatic hydroxyl groups excluding tert-OH is 1. The van der Waals surface area contributed by atoms with Gasteiger partial charge in [-0.3, -0.25) is 4.79 Å². The van der Waals surface area contributed by atoms with Crippen LogP contribution in [0.4, 0.5) is 10.1 Å². The molecule has 5 heterocycles. The van der Waals surface area contributed by atoms with E-state index in [0.29, 0.717) is 35.7 Å². The zero-order valence-electron chi connectivity index (χ0n) is 25.5. The normalized spacial score (nSPS) is 13.6. The summed E-state index contributed by atoms with van der Waals surface area (Å²) in [5.74, 6) is -0.986. The van der Waals surface area contributed by atoms with Crippen LogP contribution in [0.3, 0.4) is 0 Å². The van der Waals surface area contributed by atoms with Crippen molar-refractivity contribution >= 4 is 39.7 Å². The van der Waals surface area contributed by atoms with Gasteiger partial charge in [0.05, 0.1) is 37.2 Å². The standard InChI is InChI=1S/C24H21ClFN5O3.C6H6N6O2/c1-33-22-5-4-20(29-30-22)24(32)16-11-17(19(26)12-18(16)25)23-15-3-2-14(10-21(15)27-13-28-23)31-6-8-34-9-7-31;1-11-6(14)12-2-8-3(4(7)13)5(12)9-10-11/h2-5,10-13,24,32H,6-9H2,1H3;2H,1H3,(H2,7,13)/t24-;/m0./s1. The van der Waals surface area contributed by atoms with Crippen LogP contribution in [0.25, 0.3) is 27.8 Å². The van der Waals surface area contributed by atoms with Crippen molar-refractivity contribution in [3.8, 4) is 17.1 Å². The highest BCUT2D eigenvalue weighted by atomic mass is 35.5. The van der Waals surface area contributed by atoms with E-state index >= 15 is 4.39 Å². The topological polar surface area (TPSA) is 202 Å². The predicted molar refractivity (Wildman–Crippen MR) is 170 cm³/mol. The number of halogens is 2. The molecular weight excluding hydrogens is 649 g/mol. The molecule has 6 aromatic rings. The van der Waals surface area contributed by atoms with E-state index in [-0.39, 0.29) is 33.2 Å². The van der Waals surface area contributed by atoms with E-state index < -0.39 is 23.5 Å². The molecule has 16 nitrogen and oxygen atoms in total. The largest absolute Gasteiger partial charge is 0.480 e. The molecule has 1 atom stereocenters. The highest BCUT2D eigenvalue weighted by Crippen LogP contribution is 2.36. The number of amides is 1. The van der Waals surface area contributed by atoms with Gasteiger partial charge in [0, 0.05) is 53.4 Å². The minimum absolute atomic E-state index is 0.0600. The number of primary amides is 1. The molecule has 48 heavy (non-hydrogen) atoms. The fourth-order valence-electron chi connectivity index (χ4n) is 5.03. The Balaban J connectivity index is 0.000000239. The first-order valence-corrected chi connectivity index (χ1v) is 14.7. The van der Waals surface area contributed by atoms with E-state index in [9.17, 15) is 14.7 Å². The molecule has 0 unspecified atom stereocenters. The lowest BCUT2D eigenvalue weighted by Gasteiger charge is -2.29. The van der Waals surface area contributed by atoms with Crippen molar-refractivity contribution in [2.45, 2.75) is 6.10 Å². The maximum absolute atomic E-state index is 15.1. The molecule has 4 aromatic heterocycles. The third kappa shape index (κ3) is 6.33. The summed E-state index contributed by atoms with van der Waals surface area (Å²) in [5.41, 5.74) is 7.45. The summed E-state index contributed by atoms with van der Waals surface area (Å²) < 4.78 is 27.6. The number of imidazole rings is 1. The monoisotopic (exact) mass is 675 g/mol. The minimum Gasteiger partial charge on any atom is -0.480 e. The molecule has 0 saturated carbocycles. The van der Waals surface area contributed by atoms with Crippen molar-refractivity contribution in [2.24, 2.45) is 12.8 Å². The van der Waals surface area contributed by atoms with Crippen molar-refractivity contribution in [1.29, 1.82) is 0 Å². The third-order valence-electron chi connectivity index (χ3n) is 7.51. The van der Waals surface area contributed by atoms with Crippen LogP contribution in [-0.4, -0.2) is 89.0 Å². The SMILES string of the molecule is COc1ccc([C@@H](O)c2cc(-c3ncnc4cc(N5CCOCC5)ccc34)c(F)cc2Cl)nn1.Cn1nnc2c(C(N)=O)ncn2c1=O. The summed E-state index contributed by atoms with van der Waals surface area (Å²) >= 11 is 6.30. The number of rotatable bonds is 6. The van der Waals surface area contributed by atoms with Crippen molar-refractivity contribution in [1.82, 2.24) is 44.5 Å². The molecule has 1 saturated heterocycles. The number of fused-ring (bicyclic) bond motifs is 2. The van der Waals surface area contributed by atoms with E-state index in [1.165, 1.54) is 38.9 Å². The number of carbonyl (C=O) groups excluding carboxylic acids is 1. The molecule has 3 N–H and O–H groups in total. The maximum atomic E-state index is 15.1. The highest BCUT2D eigenvalue weighted by molar-refractivity contribution is 6.31. The van der Waals surface area contributed by atoms with E-state index in [1.807, 2.05) is 18.2 Å². The van der Waals surface area contributed by atoms with Gasteiger partial charge in [-0.2, -0.15) is 4.68 Å². The number of methoxy groups -OCH3 is 1. The average Bonchev–Trinajstić information content (AvgIpc) is 3.55. The summed E-state index contributed by atoms with van der Waals surface area (Å²) in [5, 5.41) is 26.6. The molecule has 2 aromatic carbocycles. The molecule has 0 radical (unpaired) electrons. The number of hydrogen-bond donors (Lipinski definition) is 2. The Hall–Kier alpha value is -5.65. The second-order valence-corrected chi connectivity index (χ2v) is 10.8. The number of benzene rings is 2. The van der Waals surface area contributed by atoms with Crippen molar-refractivity contribution in [3.05, 3.63) is 93.4 Å². The van der Waals surface area contributed by atoms with Gasteiger partial charge >= 0.3 is 5.69 Å². The van der Waals surface area contributed by atoms with Crippen LogP contribution >= 0.6 is 11.6 Å². The Bertz CT molecular complexity index is 2190. The predicted octanol–water partition coefficient (Wildman–Crippen LogP) is 1.73. The van der Waals surface area contributed by atoms with Crippen LogP contribution in [0.2, 0.25) is 5.02 Å². The van der Waals surface area contributed by atoms with Gasteiger partial charge in [0.1, 0.15) is 24.6 Å². The number of carbonyl (C=O) groups is 1. The number of aromatic nitrogens is 9. The second kappa shape index (κ2) is 13.6. The Kier molecular flexibility index (Phi) is 9.15.